The number of aromatic nitrogens is 1. The van der Waals surface area contributed by atoms with Gasteiger partial charge in [0.15, 0.2) is 6.23 Å². The zero-order valence-electron chi connectivity index (χ0n) is 16.5. The smallest absolute Gasteiger partial charge is 0.242 e. The van der Waals surface area contributed by atoms with Crippen molar-refractivity contribution in [1.82, 2.24) is 20.5 Å². The Labute approximate surface area is 167 Å². The van der Waals surface area contributed by atoms with E-state index in [1.165, 1.54) is 10.8 Å². The molecule has 1 amide bonds. The van der Waals surface area contributed by atoms with Gasteiger partial charge in [-0.05, 0) is 13.0 Å². The van der Waals surface area contributed by atoms with Gasteiger partial charge in [0.2, 0.25) is 5.91 Å². The van der Waals surface area contributed by atoms with Gasteiger partial charge in [0, 0.05) is 6.20 Å². The highest BCUT2D eigenvalue weighted by molar-refractivity contribution is 5.87. The predicted octanol–water partition coefficient (Wildman–Crippen LogP) is -3.42. The maximum absolute atomic E-state index is 12.7. The summed E-state index contributed by atoms with van der Waals surface area (Å²) in [6.07, 6.45) is -3.12. The van der Waals surface area contributed by atoms with Gasteiger partial charge in [-0.15, -0.1) is 0 Å². The van der Waals surface area contributed by atoms with Crippen LogP contribution in [0.1, 0.15) is 25.6 Å². The third kappa shape index (κ3) is 3.73. The van der Waals surface area contributed by atoms with Crippen LogP contribution in [0.2, 0.25) is 0 Å². The fourth-order valence-electron chi connectivity index (χ4n) is 3.67. The third-order valence-corrected chi connectivity index (χ3v) is 5.16. The topological polar surface area (TPSA) is 164 Å². The third-order valence-electron chi connectivity index (χ3n) is 5.16. The van der Waals surface area contributed by atoms with Crippen LogP contribution in [0.3, 0.4) is 0 Å². The van der Waals surface area contributed by atoms with Crippen molar-refractivity contribution in [3.05, 3.63) is 22.5 Å². The Balaban J connectivity index is 2.06. The van der Waals surface area contributed by atoms with Crippen LogP contribution in [0.4, 0.5) is 0 Å². The fraction of sp³-hybridized carbons (Fsp3) is 0.611. The van der Waals surface area contributed by atoms with Crippen LogP contribution >= 0.6 is 0 Å². The number of aliphatic hydroxyl groups excluding tert-OH is 3. The molecule has 29 heavy (non-hydrogen) atoms. The summed E-state index contributed by atoms with van der Waals surface area (Å²) in [5.41, 5.74) is 0.547. The molecule has 3 heterocycles. The van der Waals surface area contributed by atoms with Gasteiger partial charge in [-0.2, -0.15) is 5.26 Å². The van der Waals surface area contributed by atoms with Crippen LogP contribution in [0.5, 0.6) is 0 Å². The largest absolute Gasteiger partial charge is 0.394 e. The zero-order chi connectivity index (χ0) is 21.3. The van der Waals surface area contributed by atoms with E-state index in [1.54, 1.807) is 7.05 Å². The molecule has 0 spiro atoms. The first-order valence-corrected chi connectivity index (χ1v) is 9.38. The number of hydrogen-bond donors (Lipinski definition) is 6. The number of likely N-dealkylation sites (N-methyl/N-ethyl adjacent to an activating group) is 1. The number of nitriles is 1. The standard InChI is InChI=1S/C18H26N6O5/c1-8(2)12(20-3)17(28)23-15-11-9(4-19)5-24(16(11)22-7-21-15)18-14(27)13(26)10(6-25)29-18/h5,8,10,12-14,18,20-21,25-27H,6-7H2,1-3H3,(H,23,28)/t10-,12?,13?,14+,18-/m1/s1. The average molecular weight is 406 g/mol. The van der Waals surface area contributed by atoms with Gasteiger partial charge < -0.3 is 40.6 Å². The van der Waals surface area contributed by atoms with Gasteiger partial charge in [-0.25, -0.2) is 4.99 Å². The monoisotopic (exact) mass is 406 g/mol. The Morgan fingerprint density at radius 3 is 2.76 bits per heavy atom. The van der Waals surface area contributed by atoms with Crippen molar-refractivity contribution in [1.29, 1.82) is 5.26 Å². The first-order valence-electron chi connectivity index (χ1n) is 9.38. The zero-order valence-corrected chi connectivity index (χ0v) is 16.5. The Morgan fingerprint density at radius 2 is 2.21 bits per heavy atom. The normalized spacial score (nSPS) is 27.0. The van der Waals surface area contributed by atoms with Gasteiger partial charge in [0.1, 0.15) is 42.4 Å². The van der Waals surface area contributed by atoms with E-state index in [0.717, 1.165) is 0 Å². The predicted molar refractivity (Wildman–Crippen MR) is 100 cm³/mol. The molecule has 1 aromatic rings. The van der Waals surface area contributed by atoms with Crippen molar-refractivity contribution in [2.75, 3.05) is 20.3 Å². The highest BCUT2D eigenvalue weighted by Crippen LogP contribution is 2.28. The molecular formula is C18H26N6O5. The Bertz CT molecular complexity index is 936. The lowest BCUT2D eigenvalue weighted by molar-refractivity contribution is -0.122. The van der Waals surface area contributed by atoms with Crippen LogP contribution in [0.15, 0.2) is 11.2 Å². The van der Waals surface area contributed by atoms with Crippen LogP contribution in [-0.4, -0.2) is 70.5 Å². The minimum atomic E-state index is -1.31. The second kappa shape index (κ2) is 8.48. The molecular weight excluding hydrogens is 380 g/mol. The van der Waals surface area contributed by atoms with E-state index in [2.05, 4.69) is 27.0 Å². The first-order chi connectivity index (χ1) is 13.8. The lowest BCUT2D eigenvalue weighted by Crippen LogP contribution is -2.52. The number of amides is 1. The number of hydrogen-bond acceptors (Lipinski definition) is 9. The SMILES string of the molecule is CNC(C(=O)NC1=c2c(C#N)cn([C@@H]3O[C@H](CO)C(O)[C@@H]3O)c2=NCN1)C(C)C. The quantitative estimate of drug-likeness (QED) is 0.284. The summed E-state index contributed by atoms with van der Waals surface area (Å²) in [6.45, 7) is 3.51. The van der Waals surface area contributed by atoms with E-state index in [9.17, 15) is 25.4 Å². The van der Waals surface area contributed by atoms with Crippen molar-refractivity contribution < 1.29 is 24.9 Å². The van der Waals surface area contributed by atoms with Gasteiger partial charge in [0.05, 0.1) is 23.4 Å². The summed E-state index contributed by atoms with van der Waals surface area (Å²) in [7, 11) is 1.70. The summed E-state index contributed by atoms with van der Waals surface area (Å²) in [6, 6.07) is 1.63. The number of carbonyl (C=O) groups is 1. The van der Waals surface area contributed by atoms with Crippen LogP contribution in [0, 0.1) is 17.2 Å². The molecule has 3 rings (SSSR count). The fourth-order valence-corrected chi connectivity index (χ4v) is 3.67. The highest BCUT2D eigenvalue weighted by Gasteiger charge is 2.44. The maximum Gasteiger partial charge on any atom is 0.242 e. The molecule has 0 aromatic carbocycles. The van der Waals surface area contributed by atoms with Crippen molar-refractivity contribution in [2.24, 2.45) is 10.9 Å². The number of ether oxygens (including phenoxy) is 1. The molecule has 0 saturated carbocycles. The maximum atomic E-state index is 12.7. The van der Waals surface area contributed by atoms with E-state index in [-0.39, 0.29) is 24.1 Å². The minimum absolute atomic E-state index is 0.0484. The van der Waals surface area contributed by atoms with Crippen molar-refractivity contribution in [3.63, 3.8) is 0 Å². The summed E-state index contributed by atoms with van der Waals surface area (Å²) in [5.74, 6) is 0.123. The molecule has 6 N–H and O–H groups in total. The summed E-state index contributed by atoms with van der Waals surface area (Å²) in [4.78, 5) is 17.0. The van der Waals surface area contributed by atoms with Crippen LogP contribution < -0.4 is 26.7 Å². The Kier molecular flexibility index (Phi) is 6.21. The number of aliphatic hydroxyl groups is 3. The number of rotatable bonds is 6. The molecule has 5 atom stereocenters. The van der Waals surface area contributed by atoms with E-state index in [0.29, 0.717) is 16.5 Å². The summed E-state index contributed by atoms with van der Waals surface area (Å²) < 4.78 is 7.01. The van der Waals surface area contributed by atoms with Gasteiger partial charge >= 0.3 is 0 Å². The lowest BCUT2D eigenvalue weighted by Gasteiger charge is -2.22. The van der Waals surface area contributed by atoms with E-state index in [4.69, 9.17) is 4.74 Å². The molecule has 0 radical (unpaired) electrons. The molecule has 11 heteroatoms. The molecule has 2 aliphatic heterocycles. The van der Waals surface area contributed by atoms with Crippen molar-refractivity contribution in [2.45, 2.75) is 44.4 Å². The lowest BCUT2D eigenvalue weighted by atomic mass is 10.0. The van der Waals surface area contributed by atoms with E-state index < -0.39 is 37.2 Å². The molecule has 0 bridgehead atoms. The minimum Gasteiger partial charge on any atom is -0.394 e. The number of carbonyl (C=O) groups excluding carboxylic acids is 1. The molecule has 1 fully saturated rings. The molecule has 11 nitrogen and oxygen atoms in total. The molecule has 158 valence electrons. The second-order valence-corrected chi connectivity index (χ2v) is 7.36. The highest BCUT2D eigenvalue weighted by atomic mass is 16.6. The molecule has 1 saturated heterocycles. The molecule has 2 unspecified atom stereocenters. The summed E-state index contributed by atoms with van der Waals surface area (Å²) in [5, 5.41) is 48.4. The van der Waals surface area contributed by atoms with E-state index >= 15 is 0 Å². The molecule has 1 aromatic heterocycles. The first kappa shape index (κ1) is 21.2. The Morgan fingerprint density at radius 1 is 1.48 bits per heavy atom. The average Bonchev–Trinajstić information content (AvgIpc) is 3.20. The molecule has 0 aliphatic carbocycles. The number of nitrogens with zero attached hydrogens (tertiary/aromatic N) is 3. The van der Waals surface area contributed by atoms with E-state index in [1.807, 2.05) is 13.8 Å². The molecule has 2 aliphatic rings. The summed E-state index contributed by atoms with van der Waals surface area (Å²) >= 11 is 0. The van der Waals surface area contributed by atoms with Gasteiger partial charge in [-0.1, -0.05) is 13.8 Å². The Hall–Kier alpha value is -2.49. The number of fused-ring (bicyclic) bond motifs is 1. The van der Waals surface area contributed by atoms with Crippen molar-refractivity contribution in [3.8, 4) is 6.07 Å². The number of nitrogens with one attached hydrogen (secondary N) is 3. The van der Waals surface area contributed by atoms with Gasteiger partial charge in [-0.3, -0.25) is 4.79 Å². The van der Waals surface area contributed by atoms with Crippen molar-refractivity contribution >= 4 is 11.7 Å². The van der Waals surface area contributed by atoms with Crippen LogP contribution in [0.25, 0.3) is 5.82 Å². The van der Waals surface area contributed by atoms with Crippen LogP contribution in [-0.2, 0) is 9.53 Å². The second-order valence-electron chi connectivity index (χ2n) is 7.36. The van der Waals surface area contributed by atoms with Gasteiger partial charge in [0.25, 0.3) is 0 Å².